The van der Waals surface area contributed by atoms with Gasteiger partial charge in [-0.25, -0.2) is 18.0 Å². The number of carbonyl (C=O) groups excluding carboxylic acids is 3. The molecule has 0 spiro atoms. The van der Waals surface area contributed by atoms with E-state index in [-0.39, 0.29) is 11.1 Å². The summed E-state index contributed by atoms with van der Waals surface area (Å²) in [4.78, 5) is 45.1. The van der Waals surface area contributed by atoms with Gasteiger partial charge in [0.1, 0.15) is 16.5 Å². The predicted octanol–water partition coefficient (Wildman–Crippen LogP) is 11.3. The highest BCUT2D eigenvalue weighted by Crippen LogP contribution is 2.61. The Morgan fingerprint density at radius 3 is 1.91 bits per heavy atom. The maximum absolute atomic E-state index is 16.1. The summed E-state index contributed by atoms with van der Waals surface area (Å²) in [5.74, 6) is -10.4. The Bertz CT molecular complexity index is 2060. The molecule has 304 valence electrons. The van der Waals surface area contributed by atoms with Crippen LogP contribution in [0.2, 0.25) is 0 Å². The fourth-order valence-corrected chi connectivity index (χ4v) is 6.12. The first kappa shape index (κ1) is 44.2. The summed E-state index contributed by atoms with van der Waals surface area (Å²) in [6.45, 7) is 2.61. The minimum absolute atomic E-state index is 0.108. The summed E-state index contributed by atoms with van der Waals surface area (Å²) < 4.78 is 205. The molecule has 0 saturated heterocycles. The summed E-state index contributed by atoms with van der Waals surface area (Å²) in [5, 5.41) is -0.271. The lowest BCUT2D eigenvalue weighted by atomic mass is 9.92. The Morgan fingerprint density at radius 2 is 1.41 bits per heavy atom. The average Bonchev–Trinajstić information content (AvgIpc) is 3.60. The molecule has 0 bridgehead atoms. The SMILES string of the molecule is CC1(C)C(C=C(Cl)C(F)(F)F)C1C(=O)ON(C(=O)c1ccc(F)cc1)c1cccc(C(=O)Nc2c(Br)cc(C(F)(C(F)(F)F)C(F)(F)F)cc2C(F)(F)F)c1F. The van der Waals surface area contributed by atoms with Gasteiger partial charge in [0, 0.05) is 15.6 Å². The summed E-state index contributed by atoms with van der Waals surface area (Å²) in [7, 11) is 0. The van der Waals surface area contributed by atoms with Gasteiger partial charge in [-0.3, -0.25) is 9.59 Å². The molecule has 1 fully saturated rings. The van der Waals surface area contributed by atoms with Crippen molar-refractivity contribution >= 4 is 56.7 Å². The van der Waals surface area contributed by atoms with Crippen LogP contribution in [-0.2, 0) is 21.5 Å². The monoisotopic (exact) mass is 906 g/mol. The van der Waals surface area contributed by atoms with Gasteiger partial charge < -0.3 is 10.2 Å². The molecule has 0 heterocycles. The first-order chi connectivity index (χ1) is 25.4. The van der Waals surface area contributed by atoms with Gasteiger partial charge in [0.25, 0.3) is 11.8 Å². The number of nitrogens with one attached hydrogen (secondary N) is 1. The number of hydrogen-bond acceptors (Lipinski definition) is 4. The van der Waals surface area contributed by atoms with Gasteiger partial charge in [-0.15, -0.1) is 5.06 Å². The van der Waals surface area contributed by atoms with Crippen molar-refractivity contribution in [2.45, 2.75) is 44.2 Å². The van der Waals surface area contributed by atoms with Crippen LogP contribution in [0.3, 0.4) is 0 Å². The molecule has 1 saturated carbocycles. The zero-order chi connectivity index (χ0) is 42.7. The number of anilines is 2. The van der Waals surface area contributed by atoms with E-state index in [1.807, 2.05) is 0 Å². The number of benzene rings is 3. The van der Waals surface area contributed by atoms with Crippen LogP contribution in [0.25, 0.3) is 0 Å². The van der Waals surface area contributed by atoms with E-state index in [1.165, 1.54) is 19.2 Å². The lowest BCUT2D eigenvalue weighted by Crippen LogP contribution is -2.50. The second-order valence-electron chi connectivity index (χ2n) is 12.5. The number of hydroxylamine groups is 1. The van der Waals surface area contributed by atoms with Crippen molar-refractivity contribution in [1.29, 1.82) is 0 Å². The maximum atomic E-state index is 16.1. The van der Waals surface area contributed by atoms with Gasteiger partial charge in [-0.05, 0) is 75.8 Å². The van der Waals surface area contributed by atoms with E-state index in [1.54, 1.807) is 0 Å². The lowest BCUT2D eigenvalue weighted by molar-refractivity contribution is -0.348. The molecule has 2 unspecified atom stereocenters. The molecule has 6 nitrogen and oxygen atoms in total. The van der Waals surface area contributed by atoms with Crippen LogP contribution >= 0.6 is 27.5 Å². The Labute approximate surface area is 317 Å². The number of nitrogens with zero attached hydrogens (tertiary/aromatic N) is 1. The topological polar surface area (TPSA) is 75.7 Å². The number of halogens is 17. The largest absolute Gasteiger partial charge is 0.435 e. The molecule has 1 aliphatic carbocycles. The van der Waals surface area contributed by atoms with Gasteiger partial charge in [-0.1, -0.05) is 37.6 Å². The quantitative estimate of drug-likeness (QED) is 0.189. The first-order valence-electron chi connectivity index (χ1n) is 15.0. The molecule has 3 aromatic rings. The minimum atomic E-state index is -6.84. The molecule has 1 aliphatic rings. The standard InChI is InChI=1S/C33H19BrClF15N2O4/c1-28(2)17(12-21(35)31(42,43)44)22(28)27(55)56-52(26(54)13-6-8-15(36)9-7-13)20-5-3-4-16(23(20)37)25(53)51-24-18(30(39,40)41)10-14(11-19(24)34)29(38,32(45,46)47)33(48,49)50/h3-12,17,22H,1-2H3,(H,51,53). The third kappa shape index (κ3) is 8.44. The van der Waals surface area contributed by atoms with E-state index < -0.39 is 126 Å². The highest BCUT2D eigenvalue weighted by Gasteiger charge is 2.74. The summed E-state index contributed by atoms with van der Waals surface area (Å²) in [5.41, 5.74) is -17.4. The van der Waals surface area contributed by atoms with Crippen molar-refractivity contribution in [3.63, 3.8) is 0 Å². The molecule has 2 amide bonds. The van der Waals surface area contributed by atoms with E-state index in [2.05, 4.69) is 15.9 Å². The molecule has 2 atom stereocenters. The number of carbonyl (C=O) groups is 3. The van der Waals surface area contributed by atoms with Gasteiger partial charge in [0.05, 0.1) is 22.7 Å². The predicted molar refractivity (Wildman–Crippen MR) is 168 cm³/mol. The molecule has 1 N–H and O–H groups in total. The first-order valence-corrected chi connectivity index (χ1v) is 16.1. The summed E-state index contributed by atoms with van der Waals surface area (Å²) in [6, 6.07) is 3.83. The van der Waals surface area contributed by atoms with Crippen molar-refractivity contribution < 1.29 is 85.1 Å². The van der Waals surface area contributed by atoms with Gasteiger partial charge in [0.2, 0.25) is 0 Å². The highest BCUT2D eigenvalue weighted by atomic mass is 79.9. The number of hydrogen-bond donors (Lipinski definition) is 1. The second-order valence-corrected chi connectivity index (χ2v) is 13.7. The smallest absolute Gasteiger partial charge is 0.332 e. The molecule has 3 aromatic carbocycles. The van der Waals surface area contributed by atoms with Gasteiger partial charge in [-0.2, -0.15) is 52.7 Å². The third-order valence-electron chi connectivity index (χ3n) is 8.47. The Balaban J connectivity index is 1.79. The van der Waals surface area contributed by atoms with E-state index in [4.69, 9.17) is 16.4 Å². The molecular weight excluding hydrogens is 889 g/mol. The van der Waals surface area contributed by atoms with Crippen LogP contribution in [0, 0.1) is 28.9 Å². The number of amides is 2. The number of alkyl halides is 13. The fourth-order valence-electron chi connectivity index (χ4n) is 5.42. The van der Waals surface area contributed by atoms with E-state index >= 15 is 4.39 Å². The van der Waals surface area contributed by atoms with Gasteiger partial charge >= 0.3 is 36.3 Å². The van der Waals surface area contributed by atoms with Crippen molar-refractivity contribution in [3.8, 4) is 0 Å². The molecule has 0 aromatic heterocycles. The van der Waals surface area contributed by atoms with Crippen molar-refractivity contribution in [2.75, 3.05) is 10.4 Å². The summed E-state index contributed by atoms with van der Waals surface area (Å²) >= 11 is 7.59. The average molecular weight is 908 g/mol. The molecule has 0 aliphatic heterocycles. The molecule has 4 rings (SSSR count). The van der Waals surface area contributed by atoms with Crippen LogP contribution in [0.5, 0.6) is 0 Å². The third-order valence-corrected chi connectivity index (χ3v) is 9.44. The number of allylic oxidation sites excluding steroid dienone is 2. The van der Waals surface area contributed by atoms with E-state index in [0.29, 0.717) is 18.2 Å². The Morgan fingerprint density at radius 1 is 0.857 bits per heavy atom. The Hall–Kier alpha value is -4.47. The fraction of sp³-hybridized carbons (Fsp3) is 0.303. The minimum Gasteiger partial charge on any atom is -0.332 e. The van der Waals surface area contributed by atoms with Crippen LogP contribution in [0.4, 0.5) is 77.2 Å². The zero-order valence-corrected chi connectivity index (χ0v) is 29.8. The van der Waals surface area contributed by atoms with Crippen molar-refractivity contribution in [3.05, 3.63) is 104 Å². The molecule has 0 radical (unpaired) electrons. The zero-order valence-electron chi connectivity index (χ0n) is 27.4. The van der Waals surface area contributed by atoms with Gasteiger partial charge in [0.15, 0.2) is 5.82 Å². The van der Waals surface area contributed by atoms with E-state index in [0.717, 1.165) is 30.3 Å². The normalized spacial score (nSPS) is 17.7. The lowest BCUT2D eigenvalue weighted by Gasteiger charge is -2.31. The number of rotatable bonds is 7. The van der Waals surface area contributed by atoms with Crippen LogP contribution in [0.1, 0.15) is 45.7 Å². The van der Waals surface area contributed by atoms with Crippen LogP contribution in [-0.4, -0.2) is 36.3 Å². The van der Waals surface area contributed by atoms with Crippen LogP contribution in [0.15, 0.2) is 70.2 Å². The van der Waals surface area contributed by atoms with Crippen molar-refractivity contribution in [2.24, 2.45) is 17.3 Å². The Kier molecular flexibility index (Phi) is 11.7. The molecule has 56 heavy (non-hydrogen) atoms. The van der Waals surface area contributed by atoms with E-state index in [9.17, 15) is 75.8 Å². The molecular formula is C33H19BrClF15N2O4. The molecule has 23 heteroatoms. The van der Waals surface area contributed by atoms with Crippen molar-refractivity contribution in [1.82, 2.24) is 0 Å². The second kappa shape index (κ2) is 14.8. The highest BCUT2D eigenvalue weighted by molar-refractivity contribution is 9.10. The maximum Gasteiger partial charge on any atom is 0.435 e. The summed E-state index contributed by atoms with van der Waals surface area (Å²) in [6.07, 6.45) is -24.1. The van der Waals surface area contributed by atoms with Crippen LogP contribution < -0.4 is 10.4 Å².